The minimum Gasteiger partial charge on any atom is -0.0995 e. The molecule has 37 heavy (non-hydrogen) atoms. The first-order valence-corrected chi connectivity index (χ1v) is 13.5. The van der Waals surface area contributed by atoms with Gasteiger partial charge in [0.2, 0.25) is 0 Å². The van der Waals surface area contributed by atoms with Gasteiger partial charge in [0.1, 0.15) is 0 Å². The maximum Gasteiger partial charge on any atom is 0.0249 e. The van der Waals surface area contributed by atoms with Crippen molar-refractivity contribution < 1.29 is 0 Å². The van der Waals surface area contributed by atoms with Crippen LogP contribution in [0.5, 0.6) is 0 Å². The third-order valence-corrected chi connectivity index (χ3v) is 7.54. The minimum atomic E-state index is 0.207. The fraction of sp³-hybridized carbons (Fsp3) is 0.243. The van der Waals surface area contributed by atoms with E-state index >= 15 is 0 Å². The molecule has 0 aliphatic heterocycles. The van der Waals surface area contributed by atoms with E-state index < -0.39 is 0 Å². The summed E-state index contributed by atoms with van der Waals surface area (Å²) in [5.41, 5.74) is 10.4. The number of hydrogen-bond acceptors (Lipinski definition) is 0. The fourth-order valence-electron chi connectivity index (χ4n) is 5.50. The summed E-state index contributed by atoms with van der Waals surface area (Å²) in [7, 11) is 0. The number of rotatable bonds is 11. The van der Waals surface area contributed by atoms with Gasteiger partial charge in [-0.2, -0.15) is 0 Å². The van der Waals surface area contributed by atoms with Crippen molar-refractivity contribution in [3.63, 3.8) is 0 Å². The molecule has 0 fully saturated rings. The summed E-state index contributed by atoms with van der Waals surface area (Å²) in [6, 6.07) is 30.5. The third-order valence-electron chi connectivity index (χ3n) is 7.54. The molecule has 3 unspecified atom stereocenters. The van der Waals surface area contributed by atoms with E-state index in [4.69, 9.17) is 0 Å². The van der Waals surface area contributed by atoms with Gasteiger partial charge in [-0.05, 0) is 61.8 Å². The molecule has 3 aromatic carbocycles. The van der Waals surface area contributed by atoms with Crippen molar-refractivity contribution in [2.24, 2.45) is 0 Å². The quantitative estimate of drug-likeness (QED) is 0.237. The van der Waals surface area contributed by atoms with Gasteiger partial charge in [0.15, 0.2) is 0 Å². The first-order chi connectivity index (χ1) is 17.9. The lowest BCUT2D eigenvalue weighted by molar-refractivity contribution is 0.712. The van der Waals surface area contributed by atoms with Crippen molar-refractivity contribution in [1.29, 1.82) is 0 Å². The van der Waals surface area contributed by atoms with Crippen LogP contribution >= 0.6 is 0 Å². The largest absolute Gasteiger partial charge is 0.0995 e. The predicted octanol–water partition coefficient (Wildman–Crippen LogP) is 10.4. The maximum atomic E-state index is 4.43. The highest BCUT2D eigenvalue weighted by atomic mass is 14.3. The molecule has 4 rings (SSSR count). The van der Waals surface area contributed by atoms with Crippen LogP contribution < -0.4 is 0 Å². The van der Waals surface area contributed by atoms with Crippen molar-refractivity contribution in [1.82, 2.24) is 0 Å². The number of hydrogen-bond donors (Lipinski definition) is 0. The minimum absolute atomic E-state index is 0.207. The lowest BCUT2D eigenvalue weighted by Gasteiger charge is -2.21. The maximum absolute atomic E-state index is 4.43. The molecule has 0 heterocycles. The van der Waals surface area contributed by atoms with E-state index in [-0.39, 0.29) is 5.92 Å². The van der Waals surface area contributed by atoms with Gasteiger partial charge in [-0.25, -0.2) is 0 Å². The highest BCUT2D eigenvalue weighted by Crippen LogP contribution is 2.43. The number of allylic oxidation sites excluding steroid dienone is 7. The molecule has 0 heteroatoms. The lowest BCUT2D eigenvalue weighted by atomic mass is 9.84. The van der Waals surface area contributed by atoms with Crippen LogP contribution in [0.2, 0.25) is 0 Å². The fourth-order valence-corrected chi connectivity index (χ4v) is 5.50. The molecule has 1 aliphatic carbocycles. The molecular weight excluding hydrogens is 444 g/mol. The summed E-state index contributed by atoms with van der Waals surface area (Å²) in [6.07, 6.45) is 11.0. The Morgan fingerprint density at radius 3 is 2.14 bits per heavy atom. The number of benzene rings is 3. The first kappa shape index (κ1) is 26.4. The Bertz CT molecular complexity index is 1270. The molecular formula is C37H40. The molecule has 1 aliphatic rings. The Balaban J connectivity index is 1.40. The van der Waals surface area contributed by atoms with Gasteiger partial charge >= 0.3 is 0 Å². The topological polar surface area (TPSA) is 0 Å². The SMILES string of the molecule is C=C(C/C=C/C1=CC(c2ccccc2)CC1c1ccc(C)cc1)CCC(=C)C(C(=C)C)c1ccccc1. The van der Waals surface area contributed by atoms with Crippen molar-refractivity contribution in [3.8, 4) is 0 Å². The lowest BCUT2D eigenvalue weighted by Crippen LogP contribution is -2.03. The molecule has 0 aromatic heterocycles. The van der Waals surface area contributed by atoms with Crippen LogP contribution in [0, 0.1) is 6.92 Å². The van der Waals surface area contributed by atoms with Crippen molar-refractivity contribution >= 4 is 0 Å². The standard InChI is InChI=1S/C37H40/c1-27(2)37(33-16-10-7-11-17-33)30(5)22-19-28(3)13-12-18-34-25-35(31-14-8-6-9-15-31)26-36(34)32-23-20-29(4)21-24-32/h6-12,14-18,20-21,23-25,35-37H,1,3,5,13,19,22,26H2,2,4H3/b18-12+. The highest BCUT2D eigenvalue weighted by Gasteiger charge is 2.27. The molecule has 0 saturated heterocycles. The molecule has 3 atom stereocenters. The Labute approximate surface area is 224 Å². The van der Waals surface area contributed by atoms with E-state index in [1.54, 1.807) is 0 Å². The Hall–Kier alpha value is -3.64. The monoisotopic (exact) mass is 484 g/mol. The predicted molar refractivity (Wildman–Crippen MR) is 161 cm³/mol. The van der Waals surface area contributed by atoms with Gasteiger partial charge in [0.25, 0.3) is 0 Å². The summed E-state index contributed by atoms with van der Waals surface area (Å²) >= 11 is 0. The molecule has 0 bridgehead atoms. The van der Waals surface area contributed by atoms with Gasteiger partial charge < -0.3 is 0 Å². The highest BCUT2D eigenvalue weighted by molar-refractivity contribution is 5.44. The second kappa shape index (κ2) is 12.5. The summed E-state index contributed by atoms with van der Waals surface area (Å²) in [4.78, 5) is 0. The zero-order valence-electron chi connectivity index (χ0n) is 22.5. The van der Waals surface area contributed by atoms with E-state index in [0.717, 1.165) is 31.3 Å². The normalized spacial score (nSPS) is 17.9. The molecule has 0 N–H and O–H groups in total. The summed E-state index contributed by atoms with van der Waals surface area (Å²) in [5.74, 6) is 1.09. The van der Waals surface area contributed by atoms with E-state index in [9.17, 15) is 0 Å². The van der Waals surface area contributed by atoms with Crippen LogP contribution in [0.1, 0.15) is 72.6 Å². The van der Waals surface area contributed by atoms with Crippen LogP contribution in [0.25, 0.3) is 0 Å². The van der Waals surface area contributed by atoms with Gasteiger partial charge in [-0.3, -0.25) is 0 Å². The van der Waals surface area contributed by atoms with Gasteiger partial charge in [0.05, 0.1) is 0 Å². The van der Waals surface area contributed by atoms with E-state index in [1.807, 2.05) is 0 Å². The van der Waals surface area contributed by atoms with Crippen molar-refractivity contribution in [3.05, 3.63) is 167 Å². The zero-order chi connectivity index (χ0) is 26.2. The third kappa shape index (κ3) is 6.98. The molecule has 188 valence electrons. The molecule has 0 amide bonds. The average molecular weight is 485 g/mol. The molecule has 0 spiro atoms. The van der Waals surface area contributed by atoms with E-state index in [0.29, 0.717) is 11.8 Å². The van der Waals surface area contributed by atoms with Crippen molar-refractivity contribution in [2.75, 3.05) is 0 Å². The Morgan fingerprint density at radius 2 is 1.49 bits per heavy atom. The molecule has 0 nitrogen and oxygen atoms in total. The Kier molecular flexibility index (Phi) is 8.96. The average Bonchev–Trinajstić information content (AvgIpc) is 3.33. The Morgan fingerprint density at radius 1 is 0.838 bits per heavy atom. The van der Waals surface area contributed by atoms with Crippen LogP contribution in [0.4, 0.5) is 0 Å². The first-order valence-electron chi connectivity index (χ1n) is 13.5. The zero-order valence-corrected chi connectivity index (χ0v) is 22.5. The van der Waals surface area contributed by atoms with E-state index in [2.05, 4.69) is 137 Å². The van der Waals surface area contributed by atoms with E-state index in [1.165, 1.54) is 39.0 Å². The van der Waals surface area contributed by atoms with Crippen LogP contribution in [-0.2, 0) is 0 Å². The van der Waals surface area contributed by atoms with Crippen LogP contribution in [0.15, 0.2) is 145 Å². The molecule has 0 saturated carbocycles. The van der Waals surface area contributed by atoms with Gasteiger partial charge in [0, 0.05) is 17.8 Å². The second-order valence-electron chi connectivity index (χ2n) is 10.6. The van der Waals surface area contributed by atoms with Crippen LogP contribution in [0.3, 0.4) is 0 Å². The molecule has 0 radical (unpaired) electrons. The van der Waals surface area contributed by atoms with Crippen molar-refractivity contribution in [2.45, 2.75) is 57.3 Å². The second-order valence-corrected chi connectivity index (χ2v) is 10.6. The summed E-state index contributed by atoms with van der Waals surface area (Å²) < 4.78 is 0. The van der Waals surface area contributed by atoms with Gasteiger partial charge in [-0.15, -0.1) is 0 Å². The van der Waals surface area contributed by atoms with Gasteiger partial charge in [-0.1, -0.05) is 145 Å². The van der Waals surface area contributed by atoms with Crippen LogP contribution in [-0.4, -0.2) is 0 Å². The number of aryl methyl sites for hydroxylation is 1. The molecule has 3 aromatic rings. The smallest absolute Gasteiger partial charge is 0.0249 e. The summed E-state index contributed by atoms with van der Waals surface area (Å²) in [6.45, 7) is 17.3. The summed E-state index contributed by atoms with van der Waals surface area (Å²) in [5, 5.41) is 0.